The average Bonchev–Trinajstić information content (AvgIpc) is 2.17. The minimum absolute atomic E-state index is 0.000324. The zero-order valence-electron chi connectivity index (χ0n) is 10.1. The zero-order chi connectivity index (χ0) is 11.8. The van der Waals surface area contributed by atoms with Crippen molar-refractivity contribution < 1.29 is 9.90 Å². The first-order valence-corrected chi connectivity index (χ1v) is 5.68. The zero-order valence-corrected chi connectivity index (χ0v) is 10.1. The van der Waals surface area contributed by atoms with E-state index in [1.807, 2.05) is 6.92 Å². The summed E-state index contributed by atoms with van der Waals surface area (Å²) >= 11 is 0. The van der Waals surface area contributed by atoms with E-state index < -0.39 is 6.04 Å². The van der Waals surface area contributed by atoms with Gasteiger partial charge < -0.3 is 15.7 Å². The molecule has 1 atom stereocenters. The lowest BCUT2D eigenvalue weighted by Crippen LogP contribution is -2.44. The number of rotatable bonds is 7. The SMILES string of the molecule is CCN(CCCO)C(=O)[C@@H](N)CC(C)C. The second-order valence-corrected chi connectivity index (χ2v) is 4.23. The second-order valence-electron chi connectivity index (χ2n) is 4.23. The van der Waals surface area contributed by atoms with Crippen LogP contribution < -0.4 is 5.73 Å². The highest BCUT2D eigenvalue weighted by Gasteiger charge is 2.19. The molecule has 0 heterocycles. The molecule has 4 heteroatoms. The quantitative estimate of drug-likeness (QED) is 0.654. The van der Waals surface area contributed by atoms with Gasteiger partial charge in [-0.3, -0.25) is 4.79 Å². The molecule has 4 nitrogen and oxygen atoms in total. The predicted molar refractivity (Wildman–Crippen MR) is 61.4 cm³/mol. The van der Waals surface area contributed by atoms with Crippen molar-refractivity contribution in [3.8, 4) is 0 Å². The molecular formula is C11H24N2O2. The van der Waals surface area contributed by atoms with E-state index in [0.717, 1.165) is 0 Å². The molecule has 90 valence electrons. The molecule has 0 fully saturated rings. The number of nitrogens with zero attached hydrogens (tertiary/aromatic N) is 1. The monoisotopic (exact) mass is 216 g/mol. The molecule has 1 amide bonds. The van der Waals surface area contributed by atoms with E-state index in [0.29, 0.717) is 31.8 Å². The number of hydrogen-bond acceptors (Lipinski definition) is 3. The summed E-state index contributed by atoms with van der Waals surface area (Å²) in [6.45, 7) is 7.40. The maximum Gasteiger partial charge on any atom is 0.239 e. The number of aliphatic hydroxyl groups excluding tert-OH is 1. The summed E-state index contributed by atoms with van der Waals surface area (Å²) in [7, 11) is 0. The number of amides is 1. The molecule has 0 aliphatic rings. The first-order valence-electron chi connectivity index (χ1n) is 5.68. The summed E-state index contributed by atoms with van der Waals surface area (Å²) in [4.78, 5) is 13.5. The van der Waals surface area contributed by atoms with E-state index in [1.165, 1.54) is 0 Å². The van der Waals surface area contributed by atoms with Crippen molar-refractivity contribution in [1.82, 2.24) is 4.90 Å². The normalized spacial score (nSPS) is 12.9. The lowest BCUT2D eigenvalue weighted by molar-refractivity contribution is -0.132. The third-order valence-corrected chi connectivity index (χ3v) is 2.32. The number of hydrogen-bond donors (Lipinski definition) is 2. The average molecular weight is 216 g/mol. The van der Waals surface area contributed by atoms with Crippen molar-refractivity contribution in [3.63, 3.8) is 0 Å². The van der Waals surface area contributed by atoms with Crippen LogP contribution >= 0.6 is 0 Å². The highest BCUT2D eigenvalue weighted by Crippen LogP contribution is 2.06. The lowest BCUT2D eigenvalue weighted by atomic mass is 10.0. The summed E-state index contributed by atoms with van der Waals surface area (Å²) in [5, 5.41) is 8.71. The Bertz CT molecular complexity index is 183. The topological polar surface area (TPSA) is 66.6 Å². The minimum atomic E-state index is -0.399. The Morgan fingerprint density at radius 2 is 2.07 bits per heavy atom. The first kappa shape index (κ1) is 14.4. The van der Waals surface area contributed by atoms with Crippen LogP contribution in [0.15, 0.2) is 0 Å². The molecule has 0 aliphatic heterocycles. The van der Waals surface area contributed by atoms with Crippen molar-refractivity contribution in [2.75, 3.05) is 19.7 Å². The van der Waals surface area contributed by atoms with E-state index in [9.17, 15) is 4.79 Å². The van der Waals surface area contributed by atoms with Crippen LogP contribution in [0.25, 0.3) is 0 Å². The van der Waals surface area contributed by atoms with Crippen molar-refractivity contribution in [3.05, 3.63) is 0 Å². The molecule has 0 aromatic rings. The molecule has 0 unspecified atom stereocenters. The summed E-state index contributed by atoms with van der Waals surface area (Å²) in [6, 6.07) is -0.399. The highest BCUT2D eigenvalue weighted by atomic mass is 16.3. The van der Waals surface area contributed by atoms with Crippen LogP contribution in [0.5, 0.6) is 0 Å². The van der Waals surface area contributed by atoms with E-state index in [2.05, 4.69) is 13.8 Å². The Balaban J connectivity index is 4.11. The predicted octanol–water partition coefficient (Wildman–Crippen LogP) is 0.591. The number of carbonyl (C=O) groups is 1. The minimum Gasteiger partial charge on any atom is -0.396 e. The maximum absolute atomic E-state index is 11.8. The van der Waals surface area contributed by atoms with Crippen LogP contribution in [0.1, 0.15) is 33.6 Å². The number of nitrogens with two attached hydrogens (primary N) is 1. The van der Waals surface area contributed by atoms with Crippen LogP contribution in [0.2, 0.25) is 0 Å². The van der Waals surface area contributed by atoms with Crippen LogP contribution in [-0.2, 0) is 4.79 Å². The smallest absolute Gasteiger partial charge is 0.239 e. The molecule has 0 radical (unpaired) electrons. The van der Waals surface area contributed by atoms with E-state index >= 15 is 0 Å². The van der Waals surface area contributed by atoms with Crippen molar-refractivity contribution >= 4 is 5.91 Å². The Hall–Kier alpha value is -0.610. The molecule has 0 rings (SSSR count). The molecule has 3 N–H and O–H groups in total. The molecule has 0 saturated heterocycles. The summed E-state index contributed by atoms with van der Waals surface area (Å²) in [6.07, 6.45) is 1.34. The molecule has 0 aromatic carbocycles. The fourth-order valence-electron chi connectivity index (χ4n) is 1.53. The van der Waals surface area contributed by atoms with Gasteiger partial charge in [-0.05, 0) is 25.7 Å². The number of carbonyl (C=O) groups excluding carboxylic acids is 1. The van der Waals surface area contributed by atoms with Gasteiger partial charge in [0.05, 0.1) is 6.04 Å². The third-order valence-electron chi connectivity index (χ3n) is 2.32. The second kappa shape index (κ2) is 7.65. The fraction of sp³-hybridized carbons (Fsp3) is 0.909. The standard InChI is InChI=1S/C11H24N2O2/c1-4-13(6-5-7-14)11(15)10(12)8-9(2)3/h9-10,14H,4-8,12H2,1-3H3/t10-/m0/s1. The Morgan fingerprint density at radius 1 is 1.47 bits per heavy atom. The fourth-order valence-corrected chi connectivity index (χ4v) is 1.53. The molecule has 0 aliphatic carbocycles. The van der Waals surface area contributed by atoms with Gasteiger partial charge in [0.1, 0.15) is 0 Å². The lowest BCUT2D eigenvalue weighted by Gasteiger charge is -2.24. The van der Waals surface area contributed by atoms with Crippen LogP contribution in [0, 0.1) is 5.92 Å². The molecule has 15 heavy (non-hydrogen) atoms. The van der Waals surface area contributed by atoms with Gasteiger partial charge >= 0.3 is 0 Å². The summed E-state index contributed by atoms with van der Waals surface area (Å²) < 4.78 is 0. The van der Waals surface area contributed by atoms with Gasteiger partial charge in [0.2, 0.25) is 5.91 Å². The largest absolute Gasteiger partial charge is 0.396 e. The van der Waals surface area contributed by atoms with Gasteiger partial charge in [0, 0.05) is 19.7 Å². The summed E-state index contributed by atoms with van der Waals surface area (Å²) in [5.41, 5.74) is 5.81. The van der Waals surface area contributed by atoms with Crippen LogP contribution in [0.3, 0.4) is 0 Å². The van der Waals surface area contributed by atoms with E-state index in [-0.39, 0.29) is 12.5 Å². The Kier molecular flexibility index (Phi) is 7.34. The molecule has 0 saturated carbocycles. The molecule has 0 bridgehead atoms. The first-order chi connectivity index (χ1) is 7.02. The van der Waals surface area contributed by atoms with E-state index in [1.54, 1.807) is 4.90 Å². The van der Waals surface area contributed by atoms with Crippen molar-refractivity contribution in [2.24, 2.45) is 11.7 Å². The van der Waals surface area contributed by atoms with Crippen LogP contribution in [0.4, 0.5) is 0 Å². The molecule has 0 aromatic heterocycles. The van der Waals surface area contributed by atoms with Gasteiger partial charge in [-0.15, -0.1) is 0 Å². The third kappa shape index (κ3) is 5.74. The van der Waals surface area contributed by atoms with Gasteiger partial charge in [-0.2, -0.15) is 0 Å². The Labute approximate surface area is 92.4 Å². The van der Waals surface area contributed by atoms with Gasteiger partial charge in [-0.1, -0.05) is 13.8 Å². The molecular weight excluding hydrogens is 192 g/mol. The Morgan fingerprint density at radius 3 is 2.47 bits per heavy atom. The number of aliphatic hydroxyl groups is 1. The van der Waals surface area contributed by atoms with Crippen molar-refractivity contribution in [2.45, 2.75) is 39.7 Å². The van der Waals surface area contributed by atoms with Gasteiger partial charge in [-0.25, -0.2) is 0 Å². The number of likely N-dealkylation sites (N-methyl/N-ethyl adjacent to an activating group) is 1. The van der Waals surface area contributed by atoms with Crippen LogP contribution in [-0.4, -0.2) is 41.7 Å². The maximum atomic E-state index is 11.8. The van der Waals surface area contributed by atoms with Gasteiger partial charge in [0.25, 0.3) is 0 Å². The van der Waals surface area contributed by atoms with Crippen molar-refractivity contribution in [1.29, 1.82) is 0 Å². The molecule has 0 spiro atoms. The van der Waals surface area contributed by atoms with Gasteiger partial charge in [0.15, 0.2) is 0 Å². The van der Waals surface area contributed by atoms with E-state index in [4.69, 9.17) is 10.8 Å². The highest BCUT2D eigenvalue weighted by molar-refractivity contribution is 5.81. The summed E-state index contributed by atoms with van der Waals surface area (Å²) in [5.74, 6) is 0.431.